The van der Waals surface area contributed by atoms with Crippen molar-refractivity contribution < 1.29 is 43.2 Å². The van der Waals surface area contributed by atoms with Crippen LogP contribution in [0.25, 0.3) is 41.6 Å². The Kier molecular flexibility index (Phi) is 9.39. The minimum absolute atomic E-state index is 0.136. The molecule has 4 aromatic heterocycles. The van der Waals surface area contributed by atoms with Gasteiger partial charge in [-0.05, 0) is 55.5 Å². The van der Waals surface area contributed by atoms with E-state index in [9.17, 15) is 33.4 Å². The highest BCUT2D eigenvalue weighted by Gasteiger charge is 2.21. The number of carboxylic acids is 1. The second kappa shape index (κ2) is 13.6. The highest BCUT2D eigenvalue weighted by atomic mass is 32.1. The lowest BCUT2D eigenvalue weighted by atomic mass is 10.2. The van der Waals surface area contributed by atoms with E-state index in [0.29, 0.717) is 36.0 Å². The smallest absolute Gasteiger partial charge is 0.360 e. The van der Waals surface area contributed by atoms with Crippen LogP contribution in [0.3, 0.4) is 0 Å². The molecule has 0 spiro atoms. The largest absolute Gasteiger partial charge is 0.504 e. The van der Waals surface area contributed by atoms with Gasteiger partial charge in [-0.1, -0.05) is 0 Å². The van der Waals surface area contributed by atoms with Gasteiger partial charge in [0.25, 0.3) is 5.91 Å². The fraction of sp³-hybridized carbons (Fsp3) is 0.100. The molecule has 16 heteroatoms. The van der Waals surface area contributed by atoms with Gasteiger partial charge in [0.05, 0.1) is 19.0 Å². The lowest BCUT2D eigenvalue weighted by molar-refractivity contribution is -0.135. The number of nitrogens with zero attached hydrogens (tertiary/aromatic N) is 4. The van der Waals surface area contributed by atoms with Gasteiger partial charge in [0.15, 0.2) is 22.9 Å². The van der Waals surface area contributed by atoms with E-state index in [-0.39, 0.29) is 41.1 Å². The molecule has 0 saturated carbocycles. The molecule has 0 unspecified atom stereocenters. The van der Waals surface area contributed by atoms with E-state index in [1.165, 1.54) is 48.0 Å². The summed E-state index contributed by atoms with van der Waals surface area (Å²) >= 11 is 2.32. The molecule has 0 aliphatic carbocycles. The first-order chi connectivity index (χ1) is 22.0. The minimum atomic E-state index is -1.21. The maximum atomic E-state index is 13.0. The number of aromatic hydroxyl groups is 2. The van der Waals surface area contributed by atoms with Crippen molar-refractivity contribution in [3.8, 4) is 32.6 Å². The van der Waals surface area contributed by atoms with E-state index in [1.54, 1.807) is 31.2 Å². The van der Waals surface area contributed by atoms with Crippen LogP contribution in [-0.4, -0.2) is 66.3 Å². The van der Waals surface area contributed by atoms with E-state index >= 15 is 0 Å². The number of halogens is 2. The van der Waals surface area contributed by atoms with Crippen LogP contribution in [0.15, 0.2) is 60.9 Å². The molecule has 2 aromatic carbocycles. The Morgan fingerprint density at radius 1 is 0.783 bits per heavy atom. The van der Waals surface area contributed by atoms with Crippen molar-refractivity contribution in [2.75, 3.05) is 13.2 Å². The lowest BCUT2D eigenvalue weighted by Gasteiger charge is -2.03. The summed E-state index contributed by atoms with van der Waals surface area (Å²) in [6, 6.07) is 11.6. The topological polar surface area (TPSA) is 185 Å². The summed E-state index contributed by atoms with van der Waals surface area (Å²) in [7, 11) is 0. The Morgan fingerprint density at radius 2 is 1.24 bits per heavy atom. The number of hydrogen-bond acceptors (Lipinski definition) is 12. The summed E-state index contributed by atoms with van der Waals surface area (Å²) in [5.74, 6) is -4.02. The zero-order valence-corrected chi connectivity index (χ0v) is 25.2. The summed E-state index contributed by atoms with van der Waals surface area (Å²) in [6.07, 6.45) is 2.72. The Hall–Kier alpha value is -5.61. The van der Waals surface area contributed by atoms with Crippen LogP contribution in [0.1, 0.15) is 27.9 Å². The monoisotopic (exact) mass is 665 g/mol. The second-order valence-electron chi connectivity index (χ2n) is 9.19. The minimum Gasteiger partial charge on any atom is -0.504 e. The molecule has 4 heterocycles. The van der Waals surface area contributed by atoms with Gasteiger partial charge in [-0.2, -0.15) is 0 Å². The highest BCUT2D eigenvalue weighted by molar-refractivity contribution is 7.22. The van der Waals surface area contributed by atoms with Gasteiger partial charge in [-0.3, -0.25) is 9.59 Å². The number of aromatic nitrogens is 4. The summed E-state index contributed by atoms with van der Waals surface area (Å²) in [4.78, 5) is 50.5. The Labute approximate surface area is 265 Å². The summed E-state index contributed by atoms with van der Waals surface area (Å²) in [6.45, 7) is 1.29. The van der Waals surface area contributed by atoms with Crippen LogP contribution in [0.2, 0.25) is 0 Å². The van der Waals surface area contributed by atoms with Gasteiger partial charge < -0.3 is 25.4 Å². The molecule has 4 N–H and O–H groups in total. The lowest BCUT2D eigenvalue weighted by Crippen LogP contribution is -2.29. The highest BCUT2D eigenvalue weighted by Crippen LogP contribution is 2.38. The maximum Gasteiger partial charge on any atom is 0.360 e. The van der Waals surface area contributed by atoms with Crippen LogP contribution in [-0.2, 0) is 9.53 Å². The first kappa shape index (κ1) is 31.8. The Bertz CT molecular complexity index is 2080. The molecule has 1 amide bonds. The normalized spacial score (nSPS) is 10.8. The van der Waals surface area contributed by atoms with E-state index in [2.05, 4.69) is 25.3 Å². The Morgan fingerprint density at radius 3 is 1.70 bits per heavy atom. The van der Waals surface area contributed by atoms with Crippen molar-refractivity contribution in [3.63, 3.8) is 0 Å². The number of benzene rings is 2. The molecule has 0 saturated heterocycles. The summed E-state index contributed by atoms with van der Waals surface area (Å²) in [5, 5.41) is 32.3. The van der Waals surface area contributed by atoms with E-state index < -0.39 is 24.4 Å². The maximum absolute atomic E-state index is 13.0. The van der Waals surface area contributed by atoms with E-state index in [0.717, 1.165) is 16.9 Å². The number of fused-ring (bicyclic) bond motifs is 2. The molecule has 46 heavy (non-hydrogen) atoms. The van der Waals surface area contributed by atoms with Gasteiger partial charge >= 0.3 is 11.9 Å². The van der Waals surface area contributed by atoms with Crippen LogP contribution < -0.4 is 5.32 Å². The molecular formula is C30H21F2N5O7S2. The van der Waals surface area contributed by atoms with Crippen LogP contribution in [0.5, 0.6) is 11.5 Å². The average Bonchev–Trinajstić information content (AvgIpc) is 3.67. The number of nitrogens with one attached hydrogen (secondary N) is 1. The van der Waals surface area contributed by atoms with E-state index in [1.807, 2.05) is 0 Å². The number of pyridine rings is 2. The molecule has 0 radical (unpaired) electrons. The second-order valence-corrected chi connectivity index (χ2v) is 11.2. The first-order valence-corrected chi connectivity index (χ1v) is 14.8. The van der Waals surface area contributed by atoms with Gasteiger partial charge in [0.1, 0.15) is 48.6 Å². The standard InChI is InChI=1S/C15H10FN3O4S.C15H11FN2O3S/c16-8-3-1-7(2-4-8)15-19-9-5-17-11(12(22)13(9)24-15)14(23)18-6-10(20)21;1-2-21-15(20)11-12(19)13-10(7-17-11)18-14(22-13)8-3-5-9(16)6-4-8/h1-5,22H,6H2,(H,18,23)(H,20,21);3-7,19H,2H2,1H3. The fourth-order valence-corrected chi connectivity index (χ4v) is 5.93. The molecule has 0 atom stereocenters. The number of esters is 1. The third-order valence-corrected chi connectivity index (χ3v) is 8.34. The van der Waals surface area contributed by atoms with Crippen molar-refractivity contribution in [3.05, 3.63) is 83.9 Å². The summed E-state index contributed by atoms with van der Waals surface area (Å²) in [5.41, 5.74) is 1.82. The third kappa shape index (κ3) is 6.87. The fourth-order valence-electron chi connectivity index (χ4n) is 3.95. The average molecular weight is 666 g/mol. The van der Waals surface area contributed by atoms with Gasteiger partial charge in [-0.25, -0.2) is 33.5 Å². The van der Waals surface area contributed by atoms with Crippen molar-refractivity contribution in [1.82, 2.24) is 25.3 Å². The molecule has 0 aliphatic heterocycles. The molecule has 6 rings (SSSR count). The molecule has 0 bridgehead atoms. The van der Waals surface area contributed by atoms with Crippen molar-refractivity contribution in [2.45, 2.75) is 6.92 Å². The molecular weight excluding hydrogens is 644 g/mol. The molecule has 6 aromatic rings. The van der Waals surface area contributed by atoms with Gasteiger partial charge in [0.2, 0.25) is 0 Å². The van der Waals surface area contributed by atoms with Crippen molar-refractivity contribution in [2.24, 2.45) is 0 Å². The number of aliphatic carboxylic acids is 1. The number of carboxylic acid groups (broad SMARTS) is 1. The molecule has 234 valence electrons. The summed E-state index contributed by atoms with van der Waals surface area (Å²) < 4.78 is 31.6. The Balaban J connectivity index is 0.000000182. The number of carbonyl (C=O) groups is 3. The first-order valence-electron chi connectivity index (χ1n) is 13.2. The zero-order chi connectivity index (χ0) is 33.0. The number of hydrogen-bond donors (Lipinski definition) is 4. The van der Waals surface area contributed by atoms with Gasteiger partial charge in [-0.15, -0.1) is 22.7 Å². The number of amides is 1. The van der Waals surface area contributed by atoms with Crippen LogP contribution in [0, 0.1) is 11.6 Å². The molecule has 12 nitrogen and oxygen atoms in total. The number of ether oxygens (including phenoxy) is 1. The quantitative estimate of drug-likeness (QED) is 0.160. The third-order valence-electron chi connectivity index (χ3n) is 6.08. The van der Waals surface area contributed by atoms with Gasteiger partial charge in [0, 0.05) is 11.1 Å². The SMILES string of the molecule is CCOC(=O)c1ncc2nc(-c3ccc(F)cc3)sc2c1O.O=C(O)CNC(=O)c1ncc2nc(-c3ccc(F)cc3)sc2c1O. The number of rotatable bonds is 7. The molecule has 0 fully saturated rings. The number of carbonyl (C=O) groups excluding carboxylic acids is 2. The number of thiazole rings is 2. The zero-order valence-electron chi connectivity index (χ0n) is 23.5. The van der Waals surface area contributed by atoms with Crippen molar-refractivity contribution in [1.29, 1.82) is 0 Å². The predicted molar refractivity (Wildman–Crippen MR) is 165 cm³/mol. The van der Waals surface area contributed by atoms with Crippen LogP contribution >= 0.6 is 22.7 Å². The van der Waals surface area contributed by atoms with Crippen LogP contribution in [0.4, 0.5) is 8.78 Å². The predicted octanol–water partition coefficient (Wildman–Crippen LogP) is 5.40. The molecule has 0 aliphatic rings. The van der Waals surface area contributed by atoms with E-state index in [4.69, 9.17) is 9.84 Å². The van der Waals surface area contributed by atoms with Crippen molar-refractivity contribution >= 4 is 61.0 Å².